The Morgan fingerprint density at radius 3 is 2.33 bits per heavy atom. The van der Waals surface area contributed by atoms with Gasteiger partial charge in [-0.3, -0.25) is 9.59 Å². The van der Waals surface area contributed by atoms with Crippen molar-refractivity contribution in [2.24, 2.45) is 5.16 Å². The third-order valence-electron chi connectivity index (χ3n) is 3.99. The number of halogens is 3. The summed E-state index contributed by atoms with van der Waals surface area (Å²) in [5.41, 5.74) is 0.149. The number of carboxylic acids is 2. The molecular formula is C19H25F3N2O6. The van der Waals surface area contributed by atoms with Gasteiger partial charge >= 0.3 is 18.1 Å². The summed E-state index contributed by atoms with van der Waals surface area (Å²) < 4.78 is 43.2. The van der Waals surface area contributed by atoms with E-state index in [1.54, 1.807) is 7.11 Å². The zero-order valence-electron chi connectivity index (χ0n) is 16.4. The van der Waals surface area contributed by atoms with Crippen molar-refractivity contribution in [1.29, 1.82) is 0 Å². The Bertz CT molecular complexity index is 707. The molecule has 1 atom stereocenters. The van der Waals surface area contributed by atoms with Crippen LogP contribution in [0.3, 0.4) is 0 Å². The third kappa shape index (κ3) is 9.70. The van der Waals surface area contributed by atoms with Gasteiger partial charge < -0.3 is 25.1 Å². The zero-order chi connectivity index (χ0) is 22.6. The van der Waals surface area contributed by atoms with Crippen LogP contribution in [0.4, 0.5) is 13.2 Å². The predicted molar refractivity (Wildman–Crippen MR) is 101 cm³/mol. The molecule has 3 N–H and O–H groups in total. The number of unbranched alkanes of at least 4 members (excludes halogenated alkanes) is 1. The first-order chi connectivity index (χ1) is 14.1. The minimum Gasteiger partial charge on any atom is -0.481 e. The van der Waals surface area contributed by atoms with Crippen molar-refractivity contribution < 1.29 is 42.5 Å². The highest BCUT2D eigenvalue weighted by Gasteiger charge is 2.30. The fourth-order valence-corrected chi connectivity index (χ4v) is 2.46. The molecule has 0 aliphatic carbocycles. The van der Waals surface area contributed by atoms with E-state index in [1.807, 2.05) is 0 Å². The van der Waals surface area contributed by atoms with Crippen LogP contribution in [-0.2, 0) is 25.3 Å². The van der Waals surface area contributed by atoms with Crippen molar-refractivity contribution in [3.05, 3.63) is 35.4 Å². The second kappa shape index (κ2) is 12.8. The van der Waals surface area contributed by atoms with Crippen molar-refractivity contribution in [3.8, 4) is 0 Å². The van der Waals surface area contributed by atoms with E-state index in [9.17, 15) is 22.8 Å². The van der Waals surface area contributed by atoms with Gasteiger partial charge in [0.05, 0.1) is 17.7 Å². The molecule has 0 heterocycles. The van der Waals surface area contributed by atoms with Crippen molar-refractivity contribution in [2.45, 2.75) is 37.9 Å². The molecule has 1 rings (SSSR count). The number of methoxy groups -OCH3 is 1. The smallest absolute Gasteiger partial charge is 0.416 e. The molecule has 0 saturated carbocycles. The largest absolute Gasteiger partial charge is 0.481 e. The monoisotopic (exact) mass is 434 g/mol. The number of ether oxygens (including phenoxy) is 1. The van der Waals surface area contributed by atoms with Crippen LogP contribution >= 0.6 is 0 Å². The molecule has 0 radical (unpaired) electrons. The van der Waals surface area contributed by atoms with Gasteiger partial charge in [0.2, 0.25) is 0 Å². The van der Waals surface area contributed by atoms with Crippen molar-refractivity contribution in [2.75, 3.05) is 26.9 Å². The number of nitrogens with one attached hydrogen (secondary N) is 1. The third-order valence-corrected chi connectivity index (χ3v) is 3.99. The summed E-state index contributed by atoms with van der Waals surface area (Å²) in [7, 11) is 1.57. The number of oxime groups is 1. The molecule has 168 valence electrons. The Hall–Kier alpha value is -2.66. The maximum absolute atomic E-state index is 12.7. The van der Waals surface area contributed by atoms with Gasteiger partial charge in [-0.15, -0.1) is 0 Å². The molecule has 8 nitrogen and oxygen atoms in total. The van der Waals surface area contributed by atoms with Crippen molar-refractivity contribution >= 4 is 17.7 Å². The molecule has 1 aromatic rings. The summed E-state index contributed by atoms with van der Waals surface area (Å²) in [4.78, 5) is 26.8. The first kappa shape index (κ1) is 25.4. The first-order valence-electron chi connectivity index (χ1n) is 9.18. The van der Waals surface area contributed by atoms with E-state index in [0.29, 0.717) is 30.7 Å². The number of carbonyl (C=O) groups is 2. The average Bonchev–Trinajstić information content (AvgIpc) is 2.67. The molecule has 0 amide bonds. The number of aliphatic carboxylic acids is 2. The number of hydrogen-bond donors (Lipinski definition) is 3. The molecule has 0 saturated heterocycles. The normalized spacial score (nSPS) is 13.1. The average molecular weight is 434 g/mol. The highest BCUT2D eigenvalue weighted by atomic mass is 19.4. The molecule has 0 aromatic heterocycles. The maximum Gasteiger partial charge on any atom is 0.416 e. The quantitative estimate of drug-likeness (QED) is 0.234. The number of carboxylic acid groups (broad SMARTS) is 2. The second-order valence-electron chi connectivity index (χ2n) is 6.34. The summed E-state index contributed by atoms with van der Waals surface area (Å²) in [6.45, 7) is 0.508. The zero-order valence-corrected chi connectivity index (χ0v) is 16.4. The number of nitrogens with zero attached hydrogens (tertiary/aromatic N) is 1. The summed E-state index contributed by atoms with van der Waals surface area (Å²) >= 11 is 0. The Labute approximate surface area is 171 Å². The van der Waals surface area contributed by atoms with E-state index in [4.69, 9.17) is 19.8 Å². The van der Waals surface area contributed by atoms with Crippen LogP contribution in [-0.4, -0.2) is 60.8 Å². The van der Waals surface area contributed by atoms with Crippen LogP contribution in [0.25, 0.3) is 0 Å². The lowest BCUT2D eigenvalue weighted by Crippen LogP contribution is -2.40. The lowest BCUT2D eigenvalue weighted by Gasteiger charge is -2.12. The standard InChI is InChI=1S/C19H25F3N2O6/c1-29-10-3-2-4-15(13-5-7-14(8-6-13)19(20,21)22)24-30-11-9-23-16(18(27)28)12-17(25)26/h5-8,16,23H,2-4,9-12H2,1H3,(H,25,26)(H,27,28)/b24-15-. The SMILES string of the molecule is COCCCC/C(=N/OCCNC(CC(=O)O)C(=O)O)c1ccc(C(F)(F)F)cc1. The Morgan fingerprint density at radius 1 is 1.13 bits per heavy atom. The highest BCUT2D eigenvalue weighted by molar-refractivity contribution is 6.00. The summed E-state index contributed by atoms with van der Waals surface area (Å²) in [5, 5.41) is 24.1. The Kier molecular flexibility index (Phi) is 10.8. The minimum absolute atomic E-state index is 0.0255. The van der Waals surface area contributed by atoms with Crippen molar-refractivity contribution in [3.63, 3.8) is 0 Å². The van der Waals surface area contributed by atoms with Crippen LogP contribution in [0.1, 0.15) is 36.8 Å². The molecule has 1 aromatic carbocycles. The Balaban J connectivity index is 2.71. The fourth-order valence-electron chi connectivity index (χ4n) is 2.46. The van der Waals surface area contributed by atoms with Gasteiger partial charge in [-0.2, -0.15) is 13.2 Å². The second-order valence-corrected chi connectivity index (χ2v) is 6.34. The fraction of sp³-hybridized carbons (Fsp3) is 0.526. The van der Waals surface area contributed by atoms with Gasteiger partial charge in [0.15, 0.2) is 0 Å². The lowest BCUT2D eigenvalue weighted by atomic mass is 10.0. The van der Waals surface area contributed by atoms with Crippen LogP contribution in [0.2, 0.25) is 0 Å². The van der Waals surface area contributed by atoms with E-state index < -0.39 is 36.1 Å². The molecule has 0 aliphatic heterocycles. The summed E-state index contributed by atoms with van der Waals surface area (Å²) in [5.74, 6) is -2.56. The summed E-state index contributed by atoms with van der Waals surface area (Å²) in [6.07, 6.45) is -3.18. The first-order valence-corrected chi connectivity index (χ1v) is 9.18. The van der Waals surface area contributed by atoms with E-state index in [2.05, 4.69) is 10.5 Å². The Morgan fingerprint density at radius 2 is 1.80 bits per heavy atom. The highest BCUT2D eigenvalue weighted by Crippen LogP contribution is 2.29. The van der Waals surface area contributed by atoms with Gasteiger partial charge in [0.25, 0.3) is 0 Å². The number of hydrogen-bond acceptors (Lipinski definition) is 6. The molecule has 30 heavy (non-hydrogen) atoms. The molecule has 11 heteroatoms. The number of alkyl halides is 3. The molecular weight excluding hydrogens is 409 g/mol. The predicted octanol–water partition coefficient (Wildman–Crippen LogP) is 2.76. The van der Waals surface area contributed by atoms with Gasteiger partial charge in [-0.05, 0) is 37.0 Å². The number of benzene rings is 1. The van der Waals surface area contributed by atoms with E-state index in [0.717, 1.165) is 18.6 Å². The molecule has 1 unspecified atom stereocenters. The van der Waals surface area contributed by atoms with Gasteiger partial charge in [0, 0.05) is 20.3 Å². The van der Waals surface area contributed by atoms with Gasteiger partial charge in [0.1, 0.15) is 12.6 Å². The molecule has 0 spiro atoms. The minimum atomic E-state index is -4.44. The van der Waals surface area contributed by atoms with Crippen molar-refractivity contribution in [1.82, 2.24) is 5.32 Å². The number of rotatable bonds is 14. The van der Waals surface area contributed by atoms with E-state index in [-0.39, 0.29) is 13.2 Å². The van der Waals surface area contributed by atoms with Crippen LogP contribution in [0.15, 0.2) is 29.4 Å². The molecule has 0 fully saturated rings. The van der Waals surface area contributed by atoms with Crippen LogP contribution in [0.5, 0.6) is 0 Å². The van der Waals surface area contributed by atoms with Gasteiger partial charge in [-0.1, -0.05) is 17.3 Å². The topological polar surface area (TPSA) is 117 Å². The lowest BCUT2D eigenvalue weighted by molar-refractivity contribution is -0.146. The van der Waals surface area contributed by atoms with Crippen LogP contribution in [0, 0.1) is 0 Å². The van der Waals surface area contributed by atoms with Gasteiger partial charge in [-0.25, -0.2) is 0 Å². The van der Waals surface area contributed by atoms with E-state index in [1.165, 1.54) is 12.1 Å². The maximum atomic E-state index is 12.7. The summed E-state index contributed by atoms with van der Waals surface area (Å²) in [6, 6.07) is 3.29. The molecule has 0 bridgehead atoms. The van der Waals surface area contributed by atoms with E-state index >= 15 is 0 Å². The molecule has 0 aliphatic rings. The van der Waals surface area contributed by atoms with Crippen LogP contribution < -0.4 is 5.32 Å².